The molecule has 0 heterocycles. The molecule has 0 N–H and O–H groups in total. The molecule has 0 spiro atoms. The summed E-state index contributed by atoms with van der Waals surface area (Å²) in [5.74, 6) is 0.942. The van der Waals surface area contributed by atoms with Gasteiger partial charge in [-0.2, -0.15) is 0 Å². The first-order valence-electron chi connectivity index (χ1n) is 8.66. The molecule has 13 heteroatoms. The van der Waals surface area contributed by atoms with Crippen molar-refractivity contribution in [1.82, 2.24) is 0 Å². The van der Waals surface area contributed by atoms with Gasteiger partial charge in [0, 0.05) is 17.9 Å². The minimum atomic E-state index is -3.85. The third-order valence-electron chi connectivity index (χ3n) is 3.45. The largest absolute Gasteiger partial charge is 0.821 e. The molecule has 2 atom stereocenters. The van der Waals surface area contributed by atoms with Crippen LogP contribution in [0.4, 0.5) is 0 Å². The van der Waals surface area contributed by atoms with Crippen molar-refractivity contribution >= 4 is 128 Å². The Kier molecular flexibility index (Phi) is 12.2. The summed E-state index contributed by atoms with van der Waals surface area (Å²) in [7, 11) is -3.85. The topological polar surface area (TPSA) is 36.9 Å². The summed E-state index contributed by atoms with van der Waals surface area (Å²) in [6, 6.07) is 7.22. The standard InChI is InChI=1S/C18H16Br6Cl2O4Si/c1-9(25)7-27-31(28-8-10(2)26,29-13-5-3-11(19)15(21)17(13)23)30-14-6-4-12(20)16(22)18(14)24/h3-6,9-10H,7-8H2,1-2H3. The van der Waals surface area contributed by atoms with Gasteiger partial charge in [0.05, 0.1) is 32.9 Å². The van der Waals surface area contributed by atoms with Gasteiger partial charge < -0.3 is 17.7 Å². The summed E-state index contributed by atoms with van der Waals surface area (Å²) in [5, 5.41) is -0.590. The molecule has 0 saturated heterocycles. The number of benzene rings is 2. The van der Waals surface area contributed by atoms with Crippen LogP contribution < -0.4 is 8.85 Å². The van der Waals surface area contributed by atoms with Crippen LogP contribution in [0.2, 0.25) is 0 Å². The van der Waals surface area contributed by atoms with E-state index in [1.807, 2.05) is 26.0 Å². The summed E-state index contributed by atoms with van der Waals surface area (Å²) in [4.78, 5) is 0. The summed E-state index contributed by atoms with van der Waals surface area (Å²) >= 11 is 33.4. The van der Waals surface area contributed by atoms with Crippen molar-refractivity contribution in [2.75, 3.05) is 13.2 Å². The van der Waals surface area contributed by atoms with E-state index in [0.29, 0.717) is 20.4 Å². The Hall–Kier alpha value is 1.64. The summed E-state index contributed by atoms with van der Waals surface area (Å²) < 4.78 is 29.4. The van der Waals surface area contributed by atoms with E-state index in [4.69, 9.17) is 40.9 Å². The lowest BCUT2D eigenvalue weighted by Crippen LogP contribution is -2.56. The lowest BCUT2D eigenvalue weighted by atomic mass is 10.3. The van der Waals surface area contributed by atoms with Gasteiger partial charge in [0.2, 0.25) is 0 Å². The molecule has 0 saturated carbocycles. The molecule has 0 amide bonds. The van der Waals surface area contributed by atoms with Gasteiger partial charge in [-0.1, -0.05) is 0 Å². The van der Waals surface area contributed by atoms with E-state index in [1.54, 1.807) is 12.1 Å². The Morgan fingerprint density at radius 3 is 1.35 bits per heavy atom. The second kappa shape index (κ2) is 13.1. The Balaban J connectivity index is 2.54. The molecule has 0 bridgehead atoms. The highest BCUT2D eigenvalue weighted by Crippen LogP contribution is 2.41. The first-order chi connectivity index (χ1) is 14.5. The van der Waals surface area contributed by atoms with Crippen molar-refractivity contribution < 1.29 is 17.7 Å². The maximum atomic E-state index is 6.31. The fourth-order valence-electron chi connectivity index (χ4n) is 2.06. The van der Waals surface area contributed by atoms with Crippen molar-refractivity contribution in [2.45, 2.75) is 24.6 Å². The Morgan fingerprint density at radius 1 is 0.677 bits per heavy atom. The Bertz CT molecular complexity index is 846. The van der Waals surface area contributed by atoms with Gasteiger partial charge in [-0.15, -0.1) is 23.2 Å². The molecule has 2 aromatic rings. The van der Waals surface area contributed by atoms with Crippen molar-refractivity contribution in [2.24, 2.45) is 0 Å². The van der Waals surface area contributed by atoms with E-state index in [9.17, 15) is 0 Å². The van der Waals surface area contributed by atoms with Crippen LogP contribution in [0.1, 0.15) is 13.8 Å². The normalized spacial score (nSPS) is 13.7. The van der Waals surface area contributed by atoms with Gasteiger partial charge in [0.15, 0.2) is 0 Å². The van der Waals surface area contributed by atoms with E-state index in [-0.39, 0.29) is 24.0 Å². The van der Waals surface area contributed by atoms with Crippen molar-refractivity contribution in [1.29, 1.82) is 0 Å². The van der Waals surface area contributed by atoms with Crippen LogP contribution in [0.25, 0.3) is 0 Å². The van der Waals surface area contributed by atoms with E-state index in [2.05, 4.69) is 95.6 Å². The zero-order valence-electron chi connectivity index (χ0n) is 16.0. The first-order valence-corrected chi connectivity index (χ1v) is 15.9. The van der Waals surface area contributed by atoms with Crippen LogP contribution in [-0.2, 0) is 8.85 Å². The smallest absolute Gasteiger partial charge is 0.470 e. The summed E-state index contributed by atoms with van der Waals surface area (Å²) in [5.41, 5.74) is 0. The van der Waals surface area contributed by atoms with Crippen molar-refractivity contribution in [3.05, 3.63) is 51.1 Å². The molecule has 2 aromatic carbocycles. The third kappa shape index (κ3) is 8.36. The van der Waals surface area contributed by atoms with E-state index < -0.39 is 9.05 Å². The number of halogens is 8. The maximum absolute atomic E-state index is 6.31. The van der Waals surface area contributed by atoms with Crippen LogP contribution in [0.15, 0.2) is 51.1 Å². The van der Waals surface area contributed by atoms with Crippen LogP contribution in [0.5, 0.6) is 11.5 Å². The first kappa shape index (κ1) is 28.9. The molecule has 0 radical (unpaired) electrons. The molecule has 4 nitrogen and oxygen atoms in total. The van der Waals surface area contributed by atoms with E-state index in [1.165, 1.54) is 0 Å². The highest BCUT2D eigenvalue weighted by Gasteiger charge is 2.53. The SMILES string of the molecule is CC(Cl)CO[Si](OCC(C)Cl)(Oc1ccc(Br)c(Br)c1Br)Oc1ccc(Br)c(Br)c1Br. The maximum Gasteiger partial charge on any atom is 0.821 e. The number of hydrogen-bond acceptors (Lipinski definition) is 4. The molecule has 31 heavy (non-hydrogen) atoms. The molecular weight excluding hydrogens is 859 g/mol. The summed E-state index contributed by atoms with van der Waals surface area (Å²) in [6.45, 7) is 3.91. The molecule has 2 rings (SSSR count). The highest BCUT2D eigenvalue weighted by atomic mass is 79.9. The van der Waals surface area contributed by atoms with Crippen LogP contribution in [0, 0.1) is 0 Å². The lowest BCUT2D eigenvalue weighted by Gasteiger charge is -2.30. The van der Waals surface area contributed by atoms with Crippen LogP contribution in [0.3, 0.4) is 0 Å². The van der Waals surface area contributed by atoms with Gasteiger partial charge in [-0.25, -0.2) is 0 Å². The molecule has 0 aliphatic carbocycles. The number of hydrogen-bond donors (Lipinski definition) is 0. The van der Waals surface area contributed by atoms with Crippen LogP contribution in [-0.4, -0.2) is 33.0 Å². The van der Waals surface area contributed by atoms with E-state index >= 15 is 0 Å². The molecule has 172 valence electrons. The quantitative estimate of drug-likeness (QED) is 0.136. The zero-order valence-corrected chi connectivity index (χ0v) is 28.1. The minimum Gasteiger partial charge on any atom is -0.470 e. The fourth-order valence-corrected chi connectivity index (χ4v) is 7.54. The average Bonchev–Trinajstić information content (AvgIpc) is 2.71. The minimum absolute atomic E-state index is 0.148. The van der Waals surface area contributed by atoms with Crippen molar-refractivity contribution in [3.63, 3.8) is 0 Å². The molecule has 0 aromatic heterocycles. The summed E-state index contributed by atoms with van der Waals surface area (Å²) in [6.07, 6.45) is 0. The number of alkyl halides is 2. The second-order valence-electron chi connectivity index (χ2n) is 6.23. The monoisotopic (exact) mass is 868 g/mol. The lowest BCUT2D eigenvalue weighted by molar-refractivity contribution is 0.0419. The predicted molar refractivity (Wildman–Crippen MR) is 149 cm³/mol. The third-order valence-corrected chi connectivity index (χ3v) is 12.4. The van der Waals surface area contributed by atoms with Gasteiger partial charge in [0.1, 0.15) is 11.5 Å². The molecular formula is C18H16Br6Cl2O4Si. The van der Waals surface area contributed by atoms with Crippen molar-refractivity contribution in [3.8, 4) is 11.5 Å². The Labute approximate surface area is 243 Å². The van der Waals surface area contributed by atoms with Gasteiger partial charge in [-0.05, 0) is 134 Å². The Morgan fingerprint density at radius 2 is 1.03 bits per heavy atom. The van der Waals surface area contributed by atoms with Gasteiger partial charge in [-0.3, -0.25) is 0 Å². The molecule has 2 unspecified atom stereocenters. The molecule has 0 aliphatic rings. The highest BCUT2D eigenvalue weighted by molar-refractivity contribution is 9.15. The van der Waals surface area contributed by atoms with Gasteiger partial charge >= 0.3 is 9.05 Å². The average molecular weight is 875 g/mol. The zero-order chi connectivity index (χ0) is 23.3. The number of rotatable bonds is 10. The van der Waals surface area contributed by atoms with Gasteiger partial charge in [0.25, 0.3) is 0 Å². The fraction of sp³-hybridized carbons (Fsp3) is 0.333. The molecule has 0 aliphatic heterocycles. The van der Waals surface area contributed by atoms with E-state index in [0.717, 1.165) is 17.9 Å². The van der Waals surface area contributed by atoms with Crippen LogP contribution >= 0.6 is 119 Å². The second-order valence-corrected chi connectivity index (χ2v) is 14.6. The molecule has 0 fully saturated rings. The predicted octanol–water partition coefficient (Wildman–Crippen LogP) is 9.44.